The molecular weight excluding hydrogens is 280 g/mol. The second-order valence-corrected chi connectivity index (χ2v) is 5.00. The van der Waals surface area contributed by atoms with Gasteiger partial charge in [0.15, 0.2) is 0 Å². The molecule has 3 heterocycles. The number of pyridine rings is 1. The van der Waals surface area contributed by atoms with Crippen LogP contribution in [-0.4, -0.2) is 30.2 Å². The van der Waals surface area contributed by atoms with Crippen molar-refractivity contribution in [1.82, 2.24) is 24.3 Å². The minimum absolute atomic E-state index is 0.205. The SMILES string of the molecule is Cc1nn(C)c(C)c1NC(=O)c1ccc(-n2ccnc2)nc1. The molecule has 0 aliphatic heterocycles. The molecule has 7 heteroatoms. The number of rotatable bonds is 3. The first-order valence-corrected chi connectivity index (χ1v) is 6.82. The molecule has 0 atom stereocenters. The molecule has 3 rings (SSSR count). The van der Waals surface area contributed by atoms with Gasteiger partial charge in [-0.3, -0.25) is 14.0 Å². The smallest absolute Gasteiger partial charge is 0.257 e. The molecule has 0 bridgehead atoms. The van der Waals surface area contributed by atoms with Gasteiger partial charge in [0.25, 0.3) is 5.91 Å². The molecule has 22 heavy (non-hydrogen) atoms. The third-order valence-corrected chi connectivity index (χ3v) is 3.53. The molecular formula is C15H16N6O. The van der Waals surface area contributed by atoms with Gasteiger partial charge in [-0.25, -0.2) is 9.97 Å². The summed E-state index contributed by atoms with van der Waals surface area (Å²) in [4.78, 5) is 20.6. The minimum Gasteiger partial charge on any atom is -0.319 e. The van der Waals surface area contributed by atoms with E-state index in [1.807, 2.05) is 20.9 Å². The Hall–Kier alpha value is -2.96. The van der Waals surface area contributed by atoms with Crippen molar-refractivity contribution < 1.29 is 4.79 Å². The van der Waals surface area contributed by atoms with Gasteiger partial charge >= 0.3 is 0 Å². The zero-order valence-electron chi connectivity index (χ0n) is 12.6. The van der Waals surface area contributed by atoms with Gasteiger partial charge in [-0.1, -0.05) is 0 Å². The number of carbonyl (C=O) groups is 1. The number of aromatic nitrogens is 5. The summed E-state index contributed by atoms with van der Waals surface area (Å²) in [5.41, 5.74) is 2.93. The van der Waals surface area contributed by atoms with Gasteiger partial charge in [-0.2, -0.15) is 5.10 Å². The predicted octanol–water partition coefficient (Wildman–Crippen LogP) is 1.87. The lowest BCUT2D eigenvalue weighted by Gasteiger charge is -2.06. The Bertz CT molecular complexity index is 801. The van der Waals surface area contributed by atoms with Crippen molar-refractivity contribution in [2.75, 3.05) is 5.32 Å². The first-order valence-electron chi connectivity index (χ1n) is 6.82. The van der Waals surface area contributed by atoms with E-state index in [9.17, 15) is 4.79 Å². The molecule has 0 unspecified atom stereocenters. The number of amides is 1. The standard InChI is InChI=1S/C15H16N6O/c1-10-14(11(2)20(3)19-10)18-15(22)12-4-5-13(17-8-12)21-7-6-16-9-21/h4-9H,1-3H3,(H,18,22). The molecule has 0 fully saturated rings. The lowest BCUT2D eigenvalue weighted by Crippen LogP contribution is -2.13. The summed E-state index contributed by atoms with van der Waals surface area (Å²) in [5.74, 6) is 0.506. The Labute approximate surface area is 127 Å². The summed E-state index contributed by atoms with van der Waals surface area (Å²) in [6.45, 7) is 3.78. The molecule has 0 saturated carbocycles. The number of imidazole rings is 1. The third-order valence-electron chi connectivity index (χ3n) is 3.53. The fraction of sp³-hybridized carbons (Fsp3) is 0.200. The van der Waals surface area contributed by atoms with Crippen molar-refractivity contribution in [3.8, 4) is 5.82 Å². The molecule has 1 amide bonds. The zero-order valence-corrected chi connectivity index (χ0v) is 12.6. The van der Waals surface area contributed by atoms with Crippen LogP contribution in [0.4, 0.5) is 5.69 Å². The Kier molecular flexibility index (Phi) is 3.46. The van der Waals surface area contributed by atoms with Gasteiger partial charge in [0.05, 0.1) is 22.6 Å². The predicted molar refractivity (Wildman–Crippen MR) is 82.0 cm³/mol. The second kappa shape index (κ2) is 5.44. The lowest BCUT2D eigenvalue weighted by molar-refractivity contribution is 0.102. The molecule has 0 radical (unpaired) electrons. The van der Waals surface area contributed by atoms with Crippen LogP contribution in [0.1, 0.15) is 21.7 Å². The summed E-state index contributed by atoms with van der Waals surface area (Å²) < 4.78 is 3.52. The van der Waals surface area contributed by atoms with Gasteiger partial charge in [0.1, 0.15) is 12.1 Å². The van der Waals surface area contributed by atoms with E-state index in [1.54, 1.807) is 46.3 Å². The van der Waals surface area contributed by atoms with E-state index in [4.69, 9.17) is 0 Å². The van der Waals surface area contributed by atoms with Gasteiger partial charge in [0, 0.05) is 25.6 Å². The van der Waals surface area contributed by atoms with E-state index in [0.29, 0.717) is 11.4 Å². The van der Waals surface area contributed by atoms with Crippen molar-refractivity contribution in [2.45, 2.75) is 13.8 Å². The Morgan fingerprint density at radius 1 is 1.27 bits per heavy atom. The monoisotopic (exact) mass is 296 g/mol. The highest BCUT2D eigenvalue weighted by atomic mass is 16.1. The van der Waals surface area contributed by atoms with Crippen LogP contribution in [0.2, 0.25) is 0 Å². The van der Waals surface area contributed by atoms with E-state index in [1.165, 1.54) is 0 Å². The highest BCUT2D eigenvalue weighted by Gasteiger charge is 2.14. The van der Waals surface area contributed by atoms with E-state index in [2.05, 4.69) is 20.4 Å². The average Bonchev–Trinajstić information content (AvgIpc) is 3.12. The van der Waals surface area contributed by atoms with Crippen molar-refractivity contribution in [1.29, 1.82) is 0 Å². The topological polar surface area (TPSA) is 77.6 Å². The van der Waals surface area contributed by atoms with Crippen LogP contribution in [0.5, 0.6) is 0 Å². The van der Waals surface area contributed by atoms with Crippen LogP contribution in [-0.2, 0) is 7.05 Å². The number of hydrogen-bond donors (Lipinski definition) is 1. The Morgan fingerprint density at radius 2 is 2.09 bits per heavy atom. The highest BCUT2D eigenvalue weighted by Crippen LogP contribution is 2.19. The van der Waals surface area contributed by atoms with E-state index < -0.39 is 0 Å². The molecule has 0 aliphatic carbocycles. The van der Waals surface area contributed by atoms with Gasteiger partial charge in [-0.05, 0) is 26.0 Å². The number of carbonyl (C=O) groups excluding carboxylic acids is 1. The van der Waals surface area contributed by atoms with E-state index in [0.717, 1.165) is 17.1 Å². The Morgan fingerprint density at radius 3 is 2.64 bits per heavy atom. The zero-order chi connectivity index (χ0) is 15.7. The summed E-state index contributed by atoms with van der Waals surface area (Å²) in [7, 11) is 1.85. The summed E-state index contributed by atoms with van der Waals surface area (Å²) in [6, 6.07) is 3.51. The summed E-state index contributed by atoms with van der Waals surface area (Å²) >= 11 is 0. The quantitative estimate of drug-likeness (QED) is 0.800. The maximum Gasteiger partial charge on any atom is 0.257 e. The second-order valence-electron chi connectivity index (χ2n) is 5.00. The molecule has 112 valence electrons. The molecule has 1 N–H and O–H groups in total. The minimum atomic E-state index is -0.205. The molecule has 0 aliphatic rings. The number of hydrogen-bond acceptors (Lipinski definition) is 4. The fourth-order valence-electron chi connectivity index (χ4n) is 2.21. The number of nitrogens with zero attached hydrogens (tertiary/aromatic N) is 5. The van der Waals surface area contributed by atoms with Crippen LogP contribution in [0.3, 0.4) is 0 Å². The van der Waals surface area contributed by atoms with Crippen molar-refractivity contribution in [3.05, 3.63) is 54.0 Å². The summed E-state index contributed by atoms with van der Waals surface area (Å²) in [5, 5.41) is 7.17. The van der Waals surface area contributed by atoms with Crippen LogP contribution in [0.15, 0.2) is 37.1 Å². The van der Waals surface area contributed by atoms with E-state index >= 15 is 0 Å². The number of anilines is 1. The first kappa shape index (κ1) is 14.0. The van der Waals surface area contributed by atoms with Crippen LogP contribution >= 0.6 is 0 Å². The van der Waals surface area contributed by atoms with Crippen molar-refractivity contribution in [2.24, 2.45) is 7.05 Å². The molecule has 3 aromatic heterocycles. The van der Waals surface area contributed by atoms with Crippen molar-refractivity contribution >= 4 is 11.6 Å². The fourth-order valence-corrected chi connectivity index (χ4v) is 2.21. The maximum absolute atomic E-state index is 12.3. The van der Waals surface area contributed by atoms with Gasteiger partial charge in [-0.15, -0.1) is 0 Å². The van der Waals surface area contributed by atoms with Crippen LogP contribution < -0.4 is 5.32 Å². The molecule has 0 saturated heterocycles. The number of nitrogens with one attached hydrogen (secondary N) is 1. The molecule has 0 aromatic carbocycles. The molecule has 7 nitrogen and oxygen atoms in total. The summed E-state index contributed by atoms with van der Waals surface area (Å²) in [6.07, 6.45) is 6.68. The molecule has 0 spiro atoms. The first-order chi connectivity index (χ1) is 10.6. The van der Waals surface area contributed by atoms with Gasteiger partial charge in [0.2, 0.25) is 0 Å². The number of aryl methyl sites for hydroxylation is 2. The van der Waals surface area contributed by atoms with Crippen LogP contribution in [0, 0.1) is 13.8 Å². The van der Waals surface area contributed by atoms with Crippen LogP contribution in [0.25, 0.3) is 5.82 Å². The maximum atomic E-state index is 12.3. The van der Waals surface area contributed by atoms with Gasteiger partial charge < -0.3 is 5.32 Å². The highest BCUT2D eigenvalue weighted by molar-refractivity contribution is 6.04. The lowest BCUT2D eigenvalue weighted by atomic mass is 10.2. The Balaban J connectivity index is 1.81. The molecule has 3 aromatic rings. The largest absolute Gasteiger partial charge is 0.319 e. The average molecular weight is 296 g/mol. The van der Waals surface area contributed by atoms with E-state index in [-0.39, 0.29) is 5.91 Å². The normalized spacial score (nSPS) is 10.7. The van der Waals surface area contributed by atoms with Crippen molar-refractivity contribution in [3.63, 3.8) is 0 Å². The third kappa shape index (κ3) is 2.48.